The second-order valence-corrected chi connectivity index (χ2v) is 7.22. The SMILES string of the molecule is COc1ccccc1NC(=O)[C@H](C)OC(=O)CSCC(=O)Nc1cccc(C)c1. The minimum Gasteiger partial charge on any atom is -0.495 e. The van der Waals surface area contributed by atoms with Crippen LogP contribution in [0.3, 0.4) is 0 Å². The summed E-state index contributed by atoms with van der Waals surface area (Å²) >= 11 is 1.12. The monoisotopic (exact) mass is 416 g/mol. The van der Waals surface area contributed by atoms with E-state index in [1.807, 2.05) is 25.1 Å². The molecule has 0 fully saturated rings. The van der Waals surface area contributed by atoms with E-state index in [1.165, 1.54) is 14.0 Å². The normalized spacial score (nSPS) is 11.3. The van der Waals surface area contributed by atoms with Gasteiger partial charge in [-0.2, -0.15) is 0 Å². The highest BCUT2D eigenvalue weighted by molar-refractivity contribution is 8.00. The van der Waals surface area contributed by atoms with Crippen LogP contribution in [0, 0.1) is 6.92 Å². The summed E-state index contributed by atoms with van der Waals surface area (Å²) in [6, 6.07) is 14.4. The van der Waals surface area contributed by atoms with E-state index in [0.29, 0.717) is 17.1 Å². The van der Waals surface area contributed by atoms with Crippen molar-refractivity contribution < 1.29 is 23.9 Å². The summed E-state index contributed by atoms with van der Waals surface area (Å²) in [6.07, 6.45) is -0.978. The highest BCUT2D eigenvalue weighted by atomic mass is 32.2. The van der Waals surface area contributed by atoms with E-state index < -0.39 is 18.0 Å². The van der Waals surface area contributed by atoms with Crippen LogP contribution in [0.5, 0.6) is 5.75 Å². The summed E-state index contributed by atoms with van der Waals surface area (Å²) in [7, 11) is 1.50. The Hall–Kier alpha value is -3.00. The van der Waals surface area contributed by atoms with E-state index in [0.717, 1.165) is 17.3 Å². The molecular formula is C21H24N2O5S. The molecule has 0 heterocycles. The van der Waals surface area contributed by atoms with Gasteiger partial charge in [0.05, 0.1) is 24.3 Å². The lowest BCUT2D eigenvalue weighted by atomic mass is 10.2. The molecule has 0 saturated carbocycles. The number of esters is 1. The lowest BCUT2D eigenvalue weighted by molar-refractivity contribution is -0.150. The topological polar surface area (TPSA) is 93.7 Å². The summed E-state index contributed by atoms with van der Waals surface area (Å²) in [5.74, 6) is -0.672. The molecular weight excluding hydrogens is 392 g/mol. The Morgan fingerprint density at radius 2 is 1.79 bits per heavy atom. The fourth-order valence-electron chi connectivity index (χ4n) is 2.41. The van der Waals surface area contributed by atoms with Gasteiger partial charge in [-0.25, -0.2) is 0 Å². The van der Waals surface area contributed by atoms with Crippen LogP contribution in [-0.4, -0.2) is 42.5 Å². The van der Waals surface area contributed by atoms with Gasteiger partial charge in [-0.1, -0.05) is 24.3 Å². The maximum Gasteiger partial charge on any atom is 0.316 e. The number of rotatable bonds is 9. The Labute approximate surface area is 174 Å². The predicted molar refractivity (Wildman–Crippen MR) is 114 cm³/mol. The van der Waals surface area contributed by atoms with Gasteiger partial charge in [0.2, 0.25) is 5.91 Å². The van der Waals surface area contributed by atoms with E-state index in [1.54, 1.807) is 30.3 Å². The van der Waals surface area contributed by atoms with Crippen LogP contribution < -0.4 is 15.4 Å². The molecule has 7 nitrogen and oxygen atoms in total. The van der Waals surface area contributed by atoms with E-state index in [9.17, 15) is 14.4 Å². The van der Waals surface area contributed by atoms with Crippen LogP contribution in [0.25, 0.3) is 0 Å². The first-order chi connectivity index (χ1) is 13.9. The van der Waals surface area contributed by atoms with Gasteiger partial charge in [-0.3, -0.25) is 14.4 Å². The Morgan fingerprint density at radius 1 is 1.03 bits per heavy atom. The molecule has 0 aromatic heterocycles. The molecule has 0 bridgehead atoms. The molecule has 0 radical (unpaired) electrons. The first-order valence-corrected chi connectivity index (χ1v) is 10.1. The molecule has 0 aliphatic carbocycles. The largest absolute Gasteiger partial charge is 0.495 e. The average molecular weight is 416 g/mol. The number of methoxy groups -OCH3 is 1. The summed E-state index contributed by atoms with van der Waals surface area (Å²) in [4.78, 5) is 36.1. The number of hydrogen-bond donors (Lipinski definition) is 2. The van der Waals surface area contributed by atoms with Gasteiger partial charge < -0.3 is 20.1 Å². The smallest absolute Gasteiger partial charge is 0.316 e. The van der Waals surface area contributed by atoms with Gasteiger partial charge in [-0.15, -0.1) is 11.8 Å². The summed E-state index contributed by atoms with van der Waals surface area (Å²) in [5, 5.41) is 5.43. The average Bonchev–Trinajstić information content (AvgIpc) is 2.68. The molecule has 2 aromatic rings. The summed E-state index contributed by atoms with van der Waals surface area (Å²) in [6.45, 7) is 3.42. The maximum atomic E-state index is 12.2. The third kappa shape index (κ3) is 7.50. The second kappa shape index (κ2) is 11.1. The molecule has 29 heavy (non-hydrogen) atoms. The predicted octanol–water partition coefficient (Wildman–Crippen LogP) is 3.25. The molecule has 8 heteroatoms. The molecule has 2 N–H and O–H groups in total. The van der Waals surface area contributed by atoms with Gasteiger partial charge in [0.1, 0.15) is 5.75 Å². The number of anilines is 2. The number of para-hydroxylation sites is 2. The van der Waals surface area contributed by atoms with Crippen LogP contribution in [0.2, 0.25) is 0 Å². The number of amides is 2. The molecule has 0 spiro atoms. The summed E-state index contributed by atoms with van der Waals surface area (Å²) in [5.41, 5.74) is 2.24. The van der Waals surface area contributed by atoms with Crippen molar-refractivity contribution in [2.75, 3.05) is 29.2 Å². The summed E-state index contributed by atoms with van der Waals surface area (Å²) < 4.78 is 10.3. The number of ether oxygens (including phenoxy) is 2. The van der Waals surface area contributed by atoms with Gasteiger partial charge in [-0.05, 0) is 43.7 Å². The second-order valence-electron chi connectivity index (χ2n) is 6.23. The zero-order valence-electron chi connectivity index (χ0n) is 16.6. The van der Waals surface area contributed by atoms with Gasteiger partial charge in [0, 0.05) is 5.69 Å². The molecule has 0 saturated heterocycles. The molecule has 2 aromatic carbocycles. The zero-order chi connectivity index (χ0) is 21.2. The van der Waals surface area contributed by atoms with Crippen LogP contribution in [0.15, 0.2) is 48.5 Å². The molecule has 2 rings (SSSR count). The Morgan fingerprint density at radius 3 is 2.52 bits per heavy atom. The number of carbonyl (C=O) groups excluding carboxylic acids is 3. The first kappa shape index (κ1) is 22.3. The molecule has 2 amide bonds. The van der Waals surface area contributed by atoms with Crippen molar-refractivity contribution in [3.63, 3.8) is 0 Å². The lowest BCUT2D eigenvalue weighted by Crippen LogP contribution is -2.30. The van der Waals surface area contributed by atoms with Crippen LogP contribution >= 0.6 is 11.8 Å². The van der Waals surface area contributed by atoms with Crippen molar-refractivity contribution in [2.45, 2.75) is 20.0 Å². The standard InChI is InChI=1S/C21H24N2O5S/c1-14-7-6-8-16(11-14)22-19(24)12-29-13-20(25)28-15(2)21(26)23-17-9-4-5-10-18(17)27-3/h4-11,15H,12-13H2,1-3H3,(H,22,24)(H,23,26)/t15-/m0/s1. The number of hydrogen-bond acceptors (Lipinski definition) is 6. The minimum absolute atomic E-state index is 0.0342. The fraction of sp³-hybridized carbons (Fsp3) is 0.286. The first-order valence-electron chi connectivity index (χ1n) is 8.96. The van der Waals surface area contributed by atoms with Crippen molar-refractivity contribution in [1.82, 2.24) is 0 Å². The van der Waals surface area contributed by atoms with E-state index >= 15 is 0 Å². The fourth-order valence-corrected chi connectivity index (χ4v) is 3.01. The molecule has 0 unspecified atom stereocenters. The van der Waals surface area contributed by atoms with Crippen molar-refractivity contribution in [3.05, 3.63) is 54.1 Å². The molecule has 0 aliphatic rings. The molecule has 154 valence electrons. The highest BCUT2D eigenvalue weighted by Crippen LogP contribution is 2.23. The third-order valence-corrected chi connectivity index (χ3v) is 4.70. The Balaban J connectivity index is 1.72. The highest BCUT2D eigenvalue weighted by Gasteiger charge is 2.19. The van der Waals surface area contributed by atoms with E-state index in [4.69, 9.17) is 9.47 Å². The zero-order valence-corrected chi connectivity index (χ0v) is 17.4. The van der Waals surface area contributed by atoms with Crippen molar-refractivity contribution in [3.8, 4) is 5.75 Å². The van der Waals surface area contributed by atoms with Crippen molar-refractivity contribution in [1.29, 1.82) is 0 Å². The van der Waals surface area contributed by atoms with Crippen LogP contribution in [0.1, 0.15) is 12.5 Å². The minimum atomic E-state index is -0.978. The van der Waals surface area contributed by atoms with Crippen LogP contribution in [-0.2, 0) is 19.1 Å². The number of benzene rings is 2. The Kier molecular flexibility index (Phi) is 8.54. The molecule has 0 aliphatic heterocycles. The number of thioether (sulfide) groups is 1. The van der Waals surface area contributed by atoms with E-state index in [2.05, 4.69) is 10.6 Å². The van der Waals surface area contributed by atoms with Gasteiger partial charge in [0.15, 0.2) is 6.10 Å². The van der Waals surface area contributed by atoms with Crippen molar-refractivity contribution >= 4 is 40.9 Å². The lowest BCUT2D eigenvalue weighted by Gasteiger charge is -2.15. The van der Waals surface area contributed by atoms with E-state index in [-0.39, 0.29) is 17.4 Å². The number of nitrogens with one attached hydrogen (secondary N) is 2. The molecule has 1 atom stereocenters. The Bertz CT molecular complexity index is 872. The quantitative estimate of drug-likeness (QED) is 0.610. The maximum absolute atomic E-state index is 12.2. The number of aryl methyl sites for hydroxylation is 1. The van der Waals surface area contributed by atoms with Crippen molar-refractivity contribution in [2.24, 2.45) is 0 Å². The van der Waals surface area contributed by atoms with Gasteiger partial charge >= 0.3 is 5.97 Å². The number of carbonyl (C=O) groups is 3. The van der Waals surface area contributed by atoms with Gasteiger partial charge in [0.25, 0.3) is 5.91 Å². The van der Waals surface area contributed by atoms with Crippen LogP contribution in [0.4, 0.5) is 11.4 Å². The third-order valence-electron chi connectivity index (χ3n) is 3.80.